The first-order valence-electron chi connectivity index (χ1n) is 5.47. The molecule has 0 spiro atoms. The zero-order valence-corrected chi connectivity index (χ0v) is 10.3. The van der Waals surface area contributed by atoms with Crippen molar-refractivity contribution in [2.45, 2.75) is 45.3 Å². The first-order chi connectivity index (χ1) is 6.92. The second kappa shape index (κ2) is 4.51. The molecule has 1 aliphatic rings. The van der Waals surface area contributed by atoms with Gasteiger partial charge in [-0.15, -0.1) is 0 Å². The van der Waals surface area contributed by atoms with Crippen molar-refractivity contribution in [2.75, 3.05) is 0 Å². The Morgan fingerprint density at radius 3 is 2.20 bits per heavy atom. The average molecular weight is 233 g/mol. The van der Waals surface area contributed by atoms with E-state index in [0.717, 1.165) is 6.42 Å². The summed E-state index contributed by atoms with van der Waals surface area (Å²) >= 11 is 0. The van der Waals surface area contributed by atoms with Crippen LogP contribution in [0.1, 0.15) is 40.0 Å². The maximum atomic E-state index is 11.7. The predicted molar refractivity (Wildman–Crippen MR) is 58.7 cm³/mol. The van der Waals surface area contributed by atoms with Crippen molar-refractivity contribution in [1.29, 1.82) is 0 Å². The van der Waals surface area contributed by atoms with Gasteiger partial charge in [0.15, 0.2) is 0 Å². The molecule has 0 saturated heterocycles. The number of sulfonamides is 1. The standard InChI is InChI=1S/C10H19NO3S/c1-4-8(5-2)15(13,14)11-10(12)9-6-7(9)3/h7-9H,4-6H2,1-3H3,(H,11,12). The van der Waals surface area contributed by atoms with E-state index in [1.54, 1.807) is 0 Å². The van der Waals surface area contributed by atoms with Gasteiger partial charge in [-0.3, -0.25) is 9.52 Å². The molecule has 0 aromatic heterocycles. The smallest absolute Gasteiger partial charge is 0.237 e. The quantitative estimate of drug-likeness (QED) is 0.778. The van der Waals surface area contributed by atoms with Gasteiger partial charge in [0.05, 0.1) is 5.25 Å². The molecule has 0 aliphatic heterocycles. The lowest BCUT2D eigenvalue weighted by Gasteiger charge is -2.14. The maximum Gasteiger partial charge on any atom is 0.237 e. The summed E-state index contributed by atoms with van der Waals surface area (Å²) in [6.45, 7) is 5.59. The topological polar surface area (TPSA) is 63.2 Å². The monoisotopic (exact) mass is 233 g/mol. The van der Waals surface area contributed by atoms with E-state index in [-0.39, 0.29) is 11.8 Å². The number of hydrogen-bond donors (Lipinski definition) is 1. The van der Waals surface area contributed by atoms with Gasteiger partial charge in [-0.25, -0.2) is 8.42 Å². The van der Waals surface area contributed by atoms with Gasteiger partial charge in [0.25, 0.3) is 0 Å². The Morgan fingerprint density at radius 2 is 1.87 bits per heavy atom. The van der Waals surface area contributed by atoms with Crippen molar-refractivity contribution >= 4 is 15.9 Å². The Balaban J connectivity index is 2.59. The average Bonchev–Trinajstić information content (AvgIpc) is 2.83. The van der Waals surface area contributed by atoms with Crippen LogP contribution in [0.5, 0.6) is 0 Å². The van der Waals surface area contributed by atoms with E-state index in [4.69, 9.17) is 0 Å². The molecule has 2 unspecified atom stereocenters. The van der Waals surface area contributed by atoms with Crippen LogP contribution in [-0.4, -0.2) is 19.6 Å². The van der Waals surface area contributed by atoms with E-state index in [0.29, 0.717) is 18.8 Å². The molecule has 1 amide bonds. The summed E-state index contributed by atoms with van der Waals surface area (Å²) in [6.07, 6.45) is 1.89. The van der Waals surface area contributed by atoms with Gasteiger partial charge < -0.3 is 0 Å². The Morgan fingerprint density at radius 1 is 1.40 bits per heavy atom. The third kappa shape index (κ3) is 2.93. The van der Waals surface area contributed by atoms with Crippen molar-refractivity contribution in [1.82, 2.24) is 4.72 Å². The summed E-state index contributed by atoms with van der Waals surface area (Å²) in [7, 11) is -3.45. The Kier molecular flexibility index (Phi) is 3.76. The van der Waals surface area contributed by atoms with Crippen molar-refractivity contribution in [3.63, 3.8) is 0 Å². The molecule has 0 bridgehead atoms. The minimum absolute atomic E-state index is 0.0888. The second-order valence-electron chi connectivity index (χ2n) is 4.27. The third-order valence-electron chi connectivity index (χ3n) is 3.04. The minimum atomic E-state index is -3.45. The normalized spacial score (nSPS) is 25.3. The van der Waals surface area contributed by atoms with Crippen LogP contribution < -0.4 is 4.72 Å². The van der Waals surface area contributed by atoms with E-state index in [1.165, 1.54) is 0 Å². The molecule has 2 atom stereocenters. The lowest BCUT2D eigenvalue weighted by Crippen LogP contribution is -2.38. The fraction of sp³-hybridized carbons (Fsp3) is 0.900. The van der Waals surface area contributed by atoms with E-state index >= 15 is 0 Å². The number of amides is 1. The summed E-state index contributed by atoms with van der Waals surface area (Å²) in [4.78, 5) is 11.5. The van der Waals surface area contributed by atoms with E-state index < -0.39 is 15.3 Å². The van der Waals surface area contributed by atoms with Crippen LogP contribution >= 0.6 is 0 Å². The predicted octanol–water partition coefficient (Wildman–Crippen LogP) is 1.28. The molecule has 88 valence electrons. The summed E-state index contributed by atoms with van der Waals surface area (Å²) < 4.78 is 25.6. The van der Waals surface area contributed by atoms with Crippen LogP contribution in [0, 0.1) is 11.8 Å². The summed E-state index contributed by atoms with van der Waals surface area (Å²) in [6, 6.07) is 0. The molecule has 4 nitrogen and oxygen atoms in total. The highest BCUT2D eigenvalue weighted by atomic mass is 32.2. The molecule has 1 fully saturated rings. The molecule has 15 heavy (non-hydrogen) atoms. The zero-order chi connectivity index (χ0) is 11.6. The largest absolute Gasteiger partial charge is 0.274 e. The SMILES string of the molecule is CCC(CC)S(=O)(=O)NC(=O)C1CC1C. The van der Waals surface area contributed by atoms with Gasteiger partial charge >= 0.3 is 0 Å². The highest BCUT2D eigenvalue weighted by molar-refractivity contribution is 7.90. The van der Waals surface area contributed by atoms with Crippen LogP contribution in [0.3, 0.4) is 0 Å². The van der Waals surface area contributed by atoms with Gasteiger partial charge in [0.2, 0.25) is 15.9 Å². The molecular formula is C10H19NO3S. The number of carbonyl (C=O) groups excluding carboxylic acids is 1. The summed E-state index contributed by atoms with van der Waals surface area (Å²) in [5.74, 6) is -0.0783. The molecule has 1 aliphatic carbocycles. The first kappa shape index (κ1) is 12.5. The number of carbonyl (C=O) groups is 1. The molecule has 1 N–H and O–H groups in total. The summed E-state index contributed by atoms with van der Waals surface area (Å²) in [5.41, 5.74) is 0. The minimum Gasteiger partial charge on any atom is -0.274 e. The number of hydrogen-bond acceptors (Lipinski definition) is 3. The van der Waals surface area contributed by atoms with Crippen molar-refractivity contribution in [3.05, 3.63) is 0 Å². The fourth-order valence-corrected chi connectivity index (χ4v) is 3.19. The molecule has 5 heteroatoms. The fourth-order valence-electron chi connectivity index (χ4n) is 1.71. The number of rotatable bonds is 5. The highest BCUT2D eigenvalue weighted by Crippen LogP contribution is 2.37. The zero-order valence-electron chi connectivity index (χ0n) is 9.49. The van der Waals surface area contributed by atoms with Crippen molar-refractivity contribution in [3.8, 4) is 0 Å². The Labute approximate surface area is 91.5 Å². The van der Waals surface area contributed by atoms with Crippen LogP contribution in [0.15, 0.2) is 0 Å². The van der Waals surface area contributed by atoms with Crippen LogP contribution in [0.2, 0.25) is 0 Å². The van der Waals surface area contributed by atoms with Gasteiger partial charge in [-0.1, -0.05) is 20.8 Å². The van der Waals surface area contributed by atoms with Crippen molar-refractivity contribution < 1.29 is 13.2 Å². The Bertz CT molecular complexity index is 333. The van der Waals surface area contributed by atoms with Gasteiger partial charge in [0.1, 0.15) is 0 Å². The molecule has 1 rings (SSSR count). The highest BCUT2D eigenvalue weighted by Gasteiger charge is 2.41. The third-order valence-corrected chi connectivity index (χ3v) is 5.07. The Hall–Kier alpha value is -0.580. The van der Waals surface area contributed by atoms with Crippen LogP contribution in [-0.2, 0) is 14.8 Å². The van der Waals surface area contributed by atoms with Gasteiger partial charge in [0, 0.05) is 5.92 Å². The van der Waals surface area contributed by atoms with Crippen LogP contribution in [0.25, 0.3) is 0 Å². The second-order valence-corrected chi connectivity index (χ2v) is 6.23. The van der Waals surface area contributed by atoms with Crippen molar-refractivity contribution in [2.24, 2.45) is 11.8 Å². The summed E-state index contributed by atoms with van der Waals surface area (Å²) in [5, 5.41) is -0.449. The number of nitrogens with one attached hydrogen (secondary N) is 1. The lowest BCUT2D eigenvalue weighted by atomic mass is 10.3. The van der Waals surface area contributed by atoms with Crippen LogP contribution in [0.4, 0.5) is 0 Å². The van der Waals surface area contributed by atoms with E-state index in [1.807, 2.05) is 20.8 Å². The molecular weight excluding hydrogens is 214 g/mol. The first-order valence-corrected chi connectivity index (χ1v) is 7.02. The molecule has 0 radical (unpaired) electrons. The van der Waals surface area contributed by atoms with Gasteiger partial charge in [-0.2, -0.15) is 0 Å². The molecule has 0 aromatic rings. The van der Waals surface area contributed by atoms with E-state index in [9.17, 15) is 13.2 Å². The maximum absolute atomic E-state index is 11.7. The van der Waals surface area contributed by atoms with Gasteiger partial charge in [-0.05, 0) is 25.2 Å². The van der Waals surface area contributed by atoms with E-state index in [2.05, 4.69) is 4.72 Å². The molecule has 0 heterocycles. The molecule has 0 aromatic carbocycles. The molecule has 1 saturated carbocycles. The lowest BCUT2D eigenvalue weighted by molar-refractivity contribution is -0.120.